The maximum atomic E-state index is 5.87. The minimum absolute atomic E-state index is 0.765. The van der Waals surface area contributed by atoms with E-state index in [0.29, 0.717) is 0 Å². The first kappa shape index (κ1) is 15.0. The summed E-state index contributed by atoms with van der Waals surface area (Å²) in [5, 5.41) is 0. The second-order valence-corrected chi connectivity index (χ2v) is 7.10. The Balaban J connectivity index is 1.41. The van der Waals surface area contributed by atoms with Gasteiger partial charge in [0.05, 0.1) is 6.61 Å². The van der Waals surface area contributed by atoms with Crippen LogP contribution in [0.25, 0.3) is 4.91 Å². The Morgan fingerprint density at radius 3 is 2.81 bits per heavy atom. The summed E-state index contributed by atoms with van der Waals surface area (Å²) < 4.78 is 5.87. The molecule has 0 spiro atoms. The van der Waals surface area contributed by atoms with E-state index in [1.807, 2.05) is 11.8 Å². The number of hydrogen-bond acceptors (Lipinski definition) is 3. The molecule has 2 heterocycles. The number of allylic oxidation sites excluding steroid dienone is 1. The van der Waals surface area contributed by atoms with Gasteiger partial charge in [-0.05, 0) is 56.8 Å². The summed E-state index contributed by atoms with van der Waals surface area (Å²) in [5.74, 6) is 2.22. The maximum absolute atomic E-state index is 5.87. The highest BCUT2D eigenvalue weighted by molar-refractivity contribution is 8.08. The van der Waals surface area contributed by atoms with Crippen molar-refractivity contribution in [2.75, 3.05) is 25.4 Å². The molecule has 114 valence electrons. The molecule has 21 heavy (non-hydrogen) atoms. The summed E-state index contributed by atoms with van der Waals surface area (Å²) >= 11 is 1.95. The third-order valence-electron chi connectivity index (χ3n) is 4.39. The van der Waals surface area contributed by atoms with Gasteiger partial charge in [-0.1, -0.05) is 18.2 Å². The van der Waals surface area contributed by atoms with E-state index in [4.69, 9.17) is 4.74 Å². The normalized spacial score (nSPS) is 22.5. The summed E-state index contributed by atoms with van der Waals surface area (Å²) in [5.41, 5.74) is 1.33. The van der Waals surface area contributed by atoms with Crippen LogP contribution in [0.4, 0.5) is 0 Å². The quantitative estimate of drug-likeness (QED) is 0.722. The molecule has 3 heteroatoms. The zero-order chi connectivity index (χ0) is 14.5. The van der Waals surface area contributed by atoms with Crippen molar-refractivity contribution in [2.24, 2.45) is 0 Å². The first-order valence-electron chi connectivity index (χ1n) is 8.13. The molecule has 2 aliphatic heterocycles. The molecule has 1 aromatic rings. The molecular formula is C18H25NOS. The number of nitrogens with zero attached hydrogens (tertiary/aromatic N) is 1. The molecule has 1 atom stereocenters. The summed E-state index contributed by atoms with van der Waals surface area (Å²) in [7, 11) is 0. The Kier molecular flexibility index (Phi) is 5.26. The molecule has 0 aliphatic carbocycles. The lowest BCUT2D eigenvalue weighted by Crippen LogP contribution is -2.28. The van der Waals surface area contributed by atoms with Crippen LogP contribution in [0, 0.1) is 0 Å². The van der Waals surface area contributed by atoms with Crippen molar-refractivity contribution in [3.05, 3.63) is 35.9 Å². The molecule has 1 saturated heterocycles. The van der Waals surface area contributed by atoms with E-state index >= 15 is 0 Å². The third kappa shape index (κ3) is 4.04. The molecule has 0 saturated carbocycles. The highest BCUT2D eigenvalue weighted by Crippen LogP contribution is 2.34. The van der Waals surface area contributed by atoms with Gasteiger partial charge in [-0.15, -0.1) is 11.8 Å². The molecule has 0 radical (unpaired) electrons. The predicted molar refractivity (Wildman–Crippen MR) is 91.9 cm³/mol. The Morgan fingerprint density at radius 1 is 1.29 bits per heavy atom. The topological polar surface area (TPSA) is 12.5 Å². The van der Waals surface area contributed by atoms with Crippen LogP contribution in [-0.2, 0) is 0 Å². The average Bonchev–Trinajstić information content (AvgIpc) is 3.16. The van der Waals surface area contributed by atoms with Crippen molar-refractivity contribution in [1.29, 1.82) is 0 Å². The number of rotatable bonds is 6. The standard InChI is InChI=1S/C18H25NOS/c1-15-5-2-11-19(15)12-4-13-20-17-9-7-16(8-10-17)18-6-3-14-21-18/h6-10,15H,2-5,11-14H2,1H3/t15-/m1/s1. The number of benzene rings is 1. The Hall–Kier alpha value is -0.930. The fourth-order valence-electron chi connectivity index (χ4n) is 3.12. The van der Waals surface area contributed by atoms with E-state index in [-0.39, 0.29) is 0 Å². The van der Waals surface area contributed by atoms with Crippen LogP contribution in [0.5, 0.6) is 5.75 Å². The zero-order valence-electron chi connectivity index (χ0n) is 12.9. The van der Waals surface area contributed by atoms with Gasteiger partial charge in [0.2, 0.25) is 0 Å². The van der Waals surface area contributed by atoms with Crippen LogP contribution in [-0.4, -0.2) is 36.4 Å². The minimum atomic E-state index is 0.765. The second kappa shape index (κ2) is 7.37. The number of hydrogen-bond donors (Lipinski definition) is 0. The van der Waals surface area contributed by atoms with Gasteiger partial charge in [-0.3, -0.25) is 0 Å². The Labute approximate surface area is 132 Å². The summed E-state index contributed by atoms with van der Waals surface area (Å²) in [6.45, 7) is 5.59. The molecular weight excluding hydrogens is 278 g/mol. The van der Waals surface area contributed by atoms with Gasteiger partial charge in [0, 0.05) is 23.2 Å². The van der Waals surface area contributed by atoms with Gasteiger partial charge >= 0.3 is 0 Å². The van der Waals surface area contributed by atoms with Crippen LogP contribution < -0.4 is 4.74 Å². The largest absolute Gasteiger partial charge is 0.494 e. The van der Waals surface area contributed by atoms with Crippen LogP contribution in [0.1, 0.15) is 38.2 Å². The third-order valence-corrected chi connectivity index (χ3v) is 5.55. The number of thioether (sulfide) groups is 1. The molecule has 0 N–H and O–H groups in total. The first-order valence-corrected chi connectivity index (χ1v) is 9.12. The molecule has 2 nitrogen and oxygen atoms in total. The SMILES string of the molecule is C[C@@H]1CCCN1CCCOc1ccc(C2=CCCS2)cc1. The monoisotopic (exact) mass is 303 g/mol. The van der Waals surface area contributed by atoms with E-state index < -0.39 is 0 Å². The second-order valence-electron chi connectivity index (χ2n) is 5.96. The first-order chi connectivity index (χ1) is 10.3. The molecule has 2 aliphatic rings. The van der Waals surface area contributed by atoms with Gasteiger partial charge in [0.25, 0.3) is 0 Å². The average molecular weight is 303 g/mol. The Morgan fingerprint density at radius 2 is 2.14 bits per heavy atom. The molecule has 0 unspecified atom stereocenters. The molecule has 1 aromatic carbocycles. The Bertz CT molecular complexity index is 482. The molecule has 3 rings (SSSR count). The van der Waals surface area contributed by atoms with E-state index in [0.717, 1.165) is 24.8 Å². The lowest BCUT2D eigenvalue weighted by atomic mass is 10.2. The van der Waals surface area contributed by atoms with E-state index in [9.17, 15) is 0 Å². The van der Waals surface area contributed by atoms with Crippen molar-refractivity contribution in [3.8, 4) is 5.75 Å². The van der Waals surface area contributed by atoms with E-state index in [2.05, 4.69) is 42.2 Å². The van der Waals surface area contributed by atoms with Crippen molar-refractivity contribution in [1.82, 2.24) is 4.90 Å². The summed E-state index contributed by atoms with van der Waals surface area (Å²) in [6, 6.07) is 9.34. The van der Waals surface area contributed by atoms with Crippen molar-refractivity contribution < 1.29 is 4.74 Å². The summed E-state index contributed by atoms with van der Waals surface area (Å²) in [6.07, 6.45) is 7.37. The van der Waals surface area contributed by atoms with Gasteiger partial charge in [-0.2, -0.15) is 0 Å². The molecule has 1 fully saturated rings. The van der Waals surface area contributed by atoms with Gasteiger partial charge in [-0.25, -0.2) is 0 Å². The fraction of sp³-hybridized carbons (Fsp3) is 0.556. The van der Waals surface area contributed by atoms with Crippen molar-refractivity contribution in [3.63, 3.8) is 0 Å². The summed E-state index contributed by atoms with van der Waals surface area (Å²) in [4.78, 5) is 4.00. The molecule has 0 bridgehead atoms. The predicted octanol–water partition coefficient (Wildman–Crippen LogP) is 4.42. The van der Waals surface area contributed by atoms with Crippen LogP contribution in [0.3, 0.4) is 0 Å². The van der Waals surface area contributed by atoms with Gasteiger partial charge in [0.1, 0.15) is 5.75 Å². The fourth-order valence-corrected chi connectivity index (χ4v) is 4.11. The van der Waals surface area contributed by atoms with Gasteiger partial charge < -0.3 is 9.64 Å². The van der Waals surface area contributed by atoms with Crippen molar-refractivity contribution >= 4 is 16.7 Å². The molecule has 0 amide bonds. The highest BCUT2D eigenvalue weighted by Gasteiger charge is 2.19. The zero-order valence-corrected chi connectivity index (χ0v) is 13.7. The van der Waals surface area contributed by atoms with Crippen LogP contribution in [0.2, 0.25) is 0 Å². The smallest absolute Gasteiger partial charge is 0.119 e. The van der Waals surface area contributed by atoms with E-state index in [1.54, 1.807) is 0 Å². The maximum Gasteiger partial charge on any atom is 0.119 e. The molecule has 0 aromatic heterocycles. The highest BCUT2D eigenvalue weighted by atomic mass is 32.2. The lowest BCUT2D eigenvalue weighted by molar-refractivity contribution is 0.230. The number of likely N-dealkylation sites (tertiary alicyclic amines) is 1. The lowest BCUT2D eigenvalue weighted by Gasteiger charge is -2.20. The number of ether oxygens (including phenoxy) is 1. The van der Waals surface area contributed by atoms with Crippen molar-refractivity contribution in [2.45, 2.75) is 38.6 Å². The minimum Gasteiger partial charge on any atom is -0.494 e. The van der Waals surface area contributed by atoms with E-state index in [1.165, 1.54) is 48.6 Å². The van der Waals surface area contributed by atoms with Crippen LogP contribution in [0.15, 0.2) is 30.3 Å². The van der Waals surface area contributed by atoms with Crippen LogP contribution >= 0.6 is 11.8 Å². The van der Waals surface area contributed by atoms with Gasteiger partial charge in [0.15, 0.2) is 0 Å².